The minimum absolute atomic E-state index is 0.279. The predicted molar refractivity (Wildman–Crippen MR) is 76.9 cm³/mol. The van der Waals surface area contributed by atoms with E-state index in [9.17, 15) is 9.59 Å². The first-order valence-corrected chi connectivity index (χ1v) is 6.89. The van der Waals surface area contributed by atoms with Gasteiger partial charge in [-0.15, -0.1) is 11.3 Å². The van der Waals surface area contributed by atoms with Gasteiger partial charge in [-0.2, -0.15) is 0 Å². The summed E-state index contributed by atoms with van der Waals surface area (Å²) in [6.07, 6.45) is 0. The number of methoxy groups -OCH3 is 1. The Kier molecular flexibility index (Phi) is 4.76. The molecule has 0 aliphatic rings. The number of hydrogen-bond acceptors (Lipinski definition) is 5. The highest BCUT2D eigenvalue weighted by molar-refractivity contribution is 7.18. The molecule has 0 aliphatic carbocycles. The molecule has 2 aromatic rings. The summed E-state index contributed by atoms with van der Waals surface area (Å²) >= 11 is 6.90. The topological polar surface area (TPSA) is 52.6 Å². The highest BCUT2D eigenvalue weighted by Crippen LogP contribution is 2.22. The summed E-state index contributed by atoms with van der Waals surface area (Å²) in [5, 5.41) is 0. The molecule has 0 bridgehead atoms. The molecule has 0 fully saturated rings. The standard InChI is InChI=1S/C14H11ClO4S/c1-18-10-4-2-3-9(7-10)14(17)19-8-11(16)12-5-6-13(15)20-12/h2-7H,8H2,1H3. The minimum Gasteiger partial charge on any atom is -0.497 e. The molecule has 0 saturated carbocycles. The largest absolute Gasteiger partial charge is 0.497 e. The zero-order chi connectivity index (χ0) is 14.5. The number of halogens is 1. The van der Waals surface area contributed by atoms with E-state index in [1.54, 1.807) is 36.4 Å². The van der Waals surface area contributed by atoms with Gasteiger partial charge in [-0.25, -0.2) is 4.79 Å². The summed E-state index contributed by atoms with van der Waals surface area (Å²) in [7, 11) is 1.51. The van der Waals surface area contributed by atoms with Gasteiger partial charge in [-0.1, -0.05) is 17.7 Å². The van der Waals surface area contributed by atoms with Gasteiger partial charge in [0.05, 0.1) is 21.9 Å². The molecule has 1 heterocycles. The molecule has 0 atom stereocenters. The van der Waals surface area contributed by atoms with Crippen LogP contribution in [0.25, 0.3) is 0 Å². The lowest BCUT2D eigenvalue weighted by molar-refractivity contribution is 0.0475. The third-order valence-electron chi connectivity index (χ3n) is 2.49. The van der Waals surface area contributed by atoms with E-state index in [2.05, 4.69) is 0 Å². The molecule has 2 rings (SSSR count). The van der Waals surface area contributed by atoms with Crippen LogP contribution < -0.4 is 4.74 Å². The molecule has 1 aromatic heterocycles. The van der Waals surface area contributed by atoms with Crippen LogP contribution in [-0.2, 0) is 4.74 Å². The molecular formula is C14H11ClO4S. The fraction of sp³-hybridized carbons (Fsp3) is 0.143. The Morgan fingerprint density at radius 3 is 2.70 bits per heavy atom. The van der Waals surface area contributed by atoms with E-state index in [-0.39, 0.29) is 12.4 Å². The second-order valence-corrected chi connectivity index (χ2v) is 5.55. The van der Waals surface area contributed by atoms with Crippen molar-refractivity contribution >= 4 is 34.7 Å². The van der Waals surface area contributed by atoms with Crippen LogP contribution in [0.2, 0.25) is 4.34 Å². The maximum Gasteiger partial charge on any atom is 0.338 e. The number of ether oxygens (including phenoxy) is 2. The first-order chi connectivity index (χ1) is 9.60. The molecule has 0 spiro atoms. The van der Waals surface area contributed by atoms with Crippen LogP contribution in [0.5, 0.6) is 5.75 Å². The van der Waals surface area contributed by atoms with Crippen molar-refractivity contribution in [1.29, 1.82) is 0 Å². The zero-order valence-electron chi connectivity index (χ0n) is 10.6. The van der Waals surface area contributed by atoms with Crippen LogP contribution >= 0.6 is 22.9 Å². The molecule has 0 saturated heterocycles. The van der Waals surface area contributed by atoms with Crippen LogP contribution in [0.15, 0.2) is 36.4 Å². The lowest BCUT2D eigenvalue weighted by Gasteiger charge is -2.05. The van der Waals surface area contributed by atoms with Crippen LogP contribution in [-0.4, -0.2) is 25.5 Å². The molecule has 4 nitrogen and oxygen atoms in total. The van der Waals surface area contributed by atoms with Crippen molar-refractivity contribution in [2.45, 2.75) is 0 Å². The Hall–Kier alpha value is -1.85. The van der Waals surface area contributed by atoms with Crippen LogP contribution in [0, 0.1) is 0 Å². The Bertz CT molecular complexity index is 636. The molecule has 0 amide bonds. The van der Waals surface area contributed by atoms with Crippen molar-refractivity contribution in [1.82, 2.24) is 0 Å². The molecule has 0 aliphatic heterocycles. The lowest BCUT2D eigenvalue weighted by atomic mass is 10.2. The van der Waals surface area contributed by atoms with Gasteiger partial charge in [0.2, 0.25) is 5.78 Å². The van der Waals surface area contributed by atoms with Crippen molar-refractivity contribution < 1.29 is 19.1 Å². The maximum absolute atomic E-state index is 11.8. The van der Waals surface area contributed by atoms with Gasteiger partial charge in [0, 0.05) is 0 Å². The summed E-state index contributed by atoms with van der Waals surface area (Å²) in [6, 6.07) is 9.77. The van der Waals surface area contributed by atoms with E-state index in [1.165, 1.54) is 7.11 Å². The van der Waals surface area contributed by atoms with Crippen molar-refractivity contribution in [3.63, 3.8) is 0 Å². The van der Waals surface area contributed by atoms with E-state index in [4.69, 9.17) is 21.1 Å². The van der Waals surface area contributed by atoms with Crippen molar-refractivity contribution in [2.75, 3.05) is 13.7 Å². The minimum atomic E-state index is -0.570. The van der Waals surface area contributed by atoms with Crippen LogP contribution in [0.1, 0.15) is 20.0 Å². The maximum atomic E-state index is 11.8. The second-order valence-electron chi connectivity index (χ2n) is 3.84. The first kappa shape index (κ1) is 14.6. The van der Waals surface area contributed by atoms with Gasteiger partial charge in [0.15, 0.2) is 6.61 Å². The quantitative estimate of drug-likeness (QED) is 0.627. The normalized spacial score (nSPS) is 10.1. The number of carbonyl (C=O) groups is 2. The van der Waals surface area contributed by atoms with Crippen molar-refractivity contribution in [3.05, 3.63) is 51.2 Å². The monoisotopic (exact) mass is 310 g/mol. The lowest BCUT2D eigenvalue weighted by Crippen LogP contribution is -2.13. The van der Waals surface area contributed by atoms with Gasteiger partial charge in [0.25, 0.3) is 0 Å². The number of benzene rings is 1. The number of Topliss-reactive ketones (excluding diaryl/α,β-unsaturated/α-hetero) is 1. The van der Waals surface area contributed by atoms with Crippen molar-refractivity contribution in [3.8, 4) is 5.75 Å². The SMILES string of the molecule is COc1cccc(C(=O)OCC(=O)c2ccc(Cl)s2)c1. The van der Waals surface area contributed by atoms with E-state index in [0.717, 1.165) is 11.3 Å². The fourth-order valence-corrected chi connectivity index (χ4v) is 2.47. The number of rotatable bonds is 5. The van der Waals surface area contributed by atoms with E-state index in [1.807, 2.05) is 0 Å². The highest BCUT2D eigenvalue weighted by Gasteiger charge is 2.13. The van der Waals surface area contributed by atoms with Gasteiger partial charge in [0.1, 0.15) is 5.75 Å². The number of hydrogen-bond donors (Lipinski definition) is 0. The third kappa shape index (κ3) is 3.59. The summed E-state index contributed by atoms with van der Waals surface area (Å²) in [6.45, 7) is -0.313. The first-order valence-electron chi connectivity index (χ1n) is 5.70. The summed E-state index contributed by atoms with van der Waals surface area (Å²) in [5.74, 6) is -0.297. The smallest absolute Gasteiger partial charge is 0.338 e. The van der Waals surface area contributed by atoms with Gasteiger partial charge < -0.3 is 9.47 Å². The summed E-state index contributed by atoms with van der Waals surface area (Å²) in [4.78, 5) is 24.0. The zero-order valence-corrected chi connectivity index (χ0v) is 12.2. The highest BCUT2D eigenvalue weighted by atomic mass is 35.5. The Labute approximate surface area is 124 Å². The fourth-order valence-electron chi connectivity index (χ4n) is 1.50. The van der Waals surface area contributed by atoms with Gasteiger partial charge in [-0.3, -0.25) is 4.79 Å². The van der Waals surface area contributed by atoms with Gasteiger partial charge >= 0.3 is 5.97 Å². The van der Waals surface area contributed by atoms with Crippen molar-refractivity contribution in [2.24, 2.45) is 0 Å². The second kappa shape index (κ2) is 6.54. The average molecular weight is 311 g/mol. The molecule has 6 heteroatoms. The molecular weight excluding hydrogens is 300 g/mol. The number of thiophene rings is 1. The third-order valence-corrected chi connectivity index (χ3v) is 3.76. The molecule has 1 aromatic carbocycles. The molecule has 104 valence electrons. The van der Waals surface area contributed by atoms with Crippen LogP contribution in [0.3, 0.4) is 0 Å². The molecule has 20 heavy (non-hydrogen) atoms. The van der Waals surface area contributed by atoms with Crippen LogP contribution in [0.4, 0.5) is 0 Å². The summed E-state index contributed by atoms with van der Waals surface area (Å²) in [5.41, 5.74) is 0.335. The molecule has 0 unspecified atom stereocenters. The Morgan fingerprint density at radius 2 is 2.05 bits per heavy atom. The predicted octanol–water partition coefficient (Wildman–Crippen LogP) is 3.45. The molecule has 0 radical (unpaired) electrons. The Morgan fingerprint density at radius 1 is 1.25 bits per heavy atom. The molecule has 0 N–H and O–H groups in total. The van der Waals surface area contributed by atoms with E-state index < -0.39 is 5.97 Å². The Balaban J connectivity index is 1.96. The number of ketones is 1. The van der Waals surface area contributed by atoms with Gasteiger partial charge in [-0.05, 0) is 30.3 Å². The summed E-state index contributed by atoms with van der Waals surface area (Å²) < 4.78 is 10.5. The van der Waals surface area contributed by atoms with E-state index >= 15 is 0 Å². The van der Waals surface area contributed by atoms with E-state index in [0.29, 0.717) is 20.5 Å². The number of esters is 1. The number of carbonyl (C=O) groups excluding carboxylic acids is 2. The average Bonchev–Trinajstić information content (AvgIpc) is 2.91.